The Morgan fingerprint density at radius 3 is 2.53 bits per heavy atom. The highest BCUT2D eigenvalue weighted by Gasteiger charge is 2.31. The minimum Gasteiger partial charge on any atom is -0.508 e. The fourth-order valence-electron chi connectivity index (χ4n) is 1.24. The van der Waals surface area contributed by atoms with Crippen molar-refractivity contribution in [3.63, 3.8) is 0 Å². The maximum absolute atomic E-state index is 13.6. The van der Waals surface area contributed by atoms with Crippen LogP contribution in [-0.4, -0.2) is 30.6 Å². The Hall–Kier alpha value is -1.16. The van der Waals surface area contributed by atoms with Gasteiger partial charge >= 0.3 is 0 Å². The molecule has 1 N–H and O–H groups in total. The third kappa shape index (κ3) is 3.47. The van der Waals surface area contributed by atoms with E-state index in [0.717, 1.165) is 6.07 Å². The van der Waals surface area contributed by atoms with Crippen LogP contribution >= 0.6 is 0 Å². The van der Waals surface area contributed by atoms with E-state index in [0.29, 0.717) is 6.54 Å². The molecule has 84 valence electrons. The number of phenols is 1. The van der Waals surface area contributed by atoms with Gasteiger partial charge in [-0.3, -0.25) is 0 Å². The first-order chi connectivity index (χ1) is 6.92. The Balaban J connectivity index is 2.76. The normalized spacial score (nSPS) is 12.1. The molecule has 0 aromatic heterocycles. The highest BCUT2D eigenvalue weighted by Crippen LogP contribution is 2.33. The Bertz CT molecular complexity index is 326. The third-order valence-electron chi connectivity index (χ3n) is 2.14. The molecule has 0 aliphatic heterocycles. The zero-order valence-electron chi connectivity index (χ0n) is 8.87. The molecule has 1 aromatic rings. The lowest BCUT2D eigenvalue weighted by Crippen LogP contribution is -2.22. The van der Waals surface area contributed by atoms with Gasteiger partial charge in [0.1, 0.15) is 5.75 Å². The summed E-state index contributed by atoms with van der Waals surface area (Å²) in [5.74, 6) is -3.01. The lowest BCUT2D eigenvalue weighted by atomic mass is 10.1. The summed E-state index contributed by atoms with van der Waals surface area (Å²) in [6, 6.07) is 5.24. The first kappa shape index (κ1) is 11.9. The zero-order valence-corrected chi connectivity index (χ0v) is 8.87. The minimum absolute atomic E-state index is 0.128. The summed E-state index contributed by atoms with van der Waals surface area (Å²) in [6.07, 6.45) is -0.247. The van der Waals surface area contributed by atoms with Gasteiger partial charge in [0.25, 0.3) is 5.92 Å². The van der Waals surface area contributed by atoms with Gasteiger partial charge in [0, 0.05) is 18.5 Å². The van der Waals surface area contributed by atoms with Crippen LogP contribution in [0.15, 0.2) is 24.3 Å². The Labute approximate surface area is 88.1 Å². The first-order valence-corrected chi connectivity index (χ1v) is 4.74. The number of benzene rings is 1. The van der Waals surface area contributed by atoms with Crippen molar-refractivity contribution < 1.29 is 13.9 Å². The van der Waals surface area contributed by atoms with Crippen LogP contribution in [0.4, 0.5) is 8.78 Å². The van der Waals surface area contributed by atoms with E-state index < -0.39 is 5.92 Å². The van der Waals surface area contributed by atoms with E-state index in [2.05, 4.69) is 0 Å². The summed E-state index contributed by atoms with van der Waals surface area (Å²) in [5, 5.41) is 9.11. The molecule has 0 heterocycles. The molecular weight excluding hydrogens is 200 g/mol. The largest absolute Gasteiger partial charge is 0.508 e. The average molecular weight is 215 g/mol. The third-order valence-corrected chi connectivity index (χ3v) is 2.14. The van der Waals surface area contributed by atoms with Crippen LogP contribution in [-0.2, 0) is 5.92 Å². The number of hydrogen-bond donors (Lipinski definition) is 1. The monoisotopic (exact) mass is 215 g/mol. The molecule has 0 aliphatic rings. The number of hydrogen-bond acceptors (Lipinski definition) is 2. The molecule has 2 nitrogen and oxygen atoms in total. The maximum atomic E-state index is 13.6. The summed E-state index contributed by atoms with van der Waals surface area (Å²) in [6.45, 7) is 0.308. The van der Waals surface area contributed by atoms with E-state index in [1.165, 1.54) is 18.2 Å². The molecule has 0 bridgehead atoms. The summed E-state index contributed by atoms with van der Waals surface area (Å²) in [5.41, 5.74) is -0.135. The fourth-order valence-corrected chi connectivity index (χ4v) is 1.24. The van der Waals surface area contributed by atoms with Crippen molar-refractivity contribution in [3.8, 4) is 5.75 Å². The van der Waals surface area contributed by atoms with Crippen LogP contribution in [0.2, 0.25) is 0 Å². The summed E-state index contributed by atoms with van der Waals surface area (Å²) >= 11 is 0. The molecule has 0 unspecified atom stereocenters. The van der Waals surface area contributed by atoms with Crippen molar-refractivity contribution in [1.29, 1.82) is 0 Å². The molecule has 0 atom stereocenters. The molecule has 1 rings (SSSR count). The molecule has 0 amide bonds. The van der Waals surface area contributed by atoms with Crippen LogP contribution in [0, 0.1) is 0 Å². The number of halogens is 2. The number of phenolic OH excluding ortho intramolecular Hbond substituents is 1. The lowest BCUT2D eigenvalue weighted by molar-refractivity contribution is -0.0189. The lowest BCUT2D eigenvalue weighted by Gasteiger charge is -2.19. The smallest absolute Gasteiger partial charge is 0.274 e. The van der Waals surface area contributed by atoms with E-state index >= 15 is 0 Å². The highest BCUT2D eigenvalue weighted by atomic mass is 19.3. The van der Waals surface area contributed by atoms with Crippen molar-refractivity contribution in [1.82, 2.24) is 4.90 Å². The number of alkyl halides is 2. The Morgan fingerprint density at radius 1 is 1.33 bits per heavy atom. The number of nitrogens with zero attached hydrogens (tertiary/aromatic N) is 1. The van der Waals surface area contributed by atoms with Gasteiger partial charge in [-0.1, -0.05) is 12.1 Å². The molecule has 0 saturated carbocycles. The molecule has 0 fully saturated rings. The van der Waals surface area contributed by atoms with Crippen LogP contribution in [0.5, 0.6) is 5.75 Å². The molecular formula is C11H15F2NO. The molecule has 0 radical (unpaired) electrons. The van der Waals surface area contributed by atoms with Gasteiger partial charge in [-0.25, -0.2) is 8.78 Å². The summed E-state index contributed by atoms with van der Waals surface area (Å²) in [4.78, 5) is 1.71. The first-order valence-electron chi connectivity index (χ1n) is 4.74. The molecule has 0 spiro atoms. The standard InChI is InChI=1S/C11H15F2NO/c1-14(2)7-6-11(12,13)9-4-3-5-10(15)8-9/h3-5,8,15H,6-7H2,1-2H3. The predicted octanol–water partition coefficient (Wildman–Crippen LogP) is 2.44. The second kappa shape index (κ2) is 4.57. The van der Waals surface area contributed by atoms with Gasteiger partial charge in [-0.05, 0) is 26.2 Å². The second-order valence-electron chi connectivity index (χ2n) is 3.81. The van der Waals surface area contributed by atoms with Crippen molar-refractivity contribution in [2.75, 3.05) is 20.6 Å². The number of aromatic hydroxyl groups is 1. The van der Waals surface area contributed by atoms with E-state index in [4.69, 9.17) is 5.11 Å². The molecule has 1 aromatic carbocycles. The minimum atomic E-state index is -2.89. The topological polar surface area (TPSA) is 23.5 Å². The van der Waals surface area contributed by atoms with Crippen LogP contribution < -0.4 is 0 Å². The Kier molecular flexibility index (Phi) is 3.63. The average Bonchev–Trinajstić information content (AvgIpc) is 2.15. The van der Waals surface area contributed by atoms with Gasteiger partial charge < -0.3 is 10.0 Å². The van der Waals surface area contributed by atoms with E-state index in [9.17, 15) is 8.78 Å². The SMILES string of the molecule is CN(C)CCC(F)(F)c1cccc(O)c1. The van der Waals surface area contributed by atoms with E-state index in [-0.39, 0.29) is 17.7 Å². The van der Waals surface area contributed by atoms with Crippen molar-refractivity contribution in [3.05, 3.63) is 29.8 Å². The quantitative estimate of drug-likeness (QED) is 0.833. The highest BCUT2D eigenvalue weighted by molar-refractivity contribution is 5.30. The van der Waals surface area contributed by atoms with Crippen LogP contribution in [0.1, 0.15) is 12.0 Å². The Morgan fingerprint density at radius 2 is 2.00 bits per heavy atom. The van der Waals surface area contributed by atoms with Gasteiger partial charge in [0.05, 0.1) is 0 Å². The fraction of sp³-hybridized carbons (Fsp3) is 0.455. The number of rotatable bonds is 4. The second-order valence-corrected chi connectivity index (χ2v) is 3.81. The summed E-state index contributed by atoms with van der Waals surface area (Å²) < 4.78 is 27.1. The maximum Gasteiger partial charge on any atom is 0.274 e. The predicted molar refractivity (Wildman–Crippen MR) is 55.2 cm³/mol. The van der Waals surface area contributed by atoms with Crippen molar-refractivity contribution in [2.45, 2.75) is 12.3 Å². The van der Waals surface area contributed by atoms with Crippen molar-refractivity contribution >= 4 is 0 Å². The van der Waals surface area contributed by atoms with E-state index in [1.807, 2.05) is 0 Å². The molecule has 15 heavy (non-hydrogen) atoms. The molecule has 4 heteroatoms. The van der Waals surface area contributed by atoms with Gasteiger partial charge in [-0.2, -0.15) is 0 Å². The zero-order chi connectivity index (χ0) is 11.5. The van der Waals surface area contributed by atoms with Gasteiger partial charge in [0.2, 0.25) is 0 Å². The van der Waals surface area contributed by atoms with Crippen LogP contribution in [0.3, 0.4) is 0 Å². The van der Waals surface area contributed by atoms with Crippen molar-refractivity contribution in [2.24, 2.45) is 0 Å². The van der Waals surface area contributed by atoms with Crippen LogP contribution in [0.25, 0.3) is 0 Å². The summed E-state index contributed by atoms with van der Waals surface area (Å²) in [7, 11) is 3.50. The van der Waals surface area contributed by atoms with Gasteiger partial charge in [-0.15, -0.1) is 0 Å². The molecule has 0 aliphatic carbocycles. The van der Waals surface area contributed by atoms with Gasteiger partial charge in [0.15, 0.2) is 0 Å². The van der Waals surface area contributed by atoms with E-state index in [1.54, 1.807) is 19.0 Å². The molecule has 0 saturated heterocycles.